The highest BCUT2D eigenvalue weighted by molar-refractivity contribution is 5.80. The van der Waals surface area contributed by atoms with E-state index in [2.05, 4.69) is 13.8 Å². The second-order valence-electron chi connectivity index (χ2n) is 9.76. The second-order valence-corrected chi connectivity index (χ2v) is 9.76. The van der Waals surface area contributed by atoms with Gasteiger partial charge in [0.25, 0.3) is 0 Å². The standard InChI is InChI=1S/C21H32O3/c1-12(22)16-6-7-17-15-5-4-13-10-14(23)8-9-20(13,2)18(15)11-19(24)21(16,17)3/h13,15-19,24H,4-11H2,1-3H3/t13-,15+,16-,17+,18+,19-,20-,21+/m0/s1. The number of hydrogen-bond donors (Lipinski definition) is 1. The molecule has 0 radical (unpaired) electrons. The number of carbonyl (C=O) groups excluding carboxylic acids is 2. The average Bonchev–Trinajstić information content (AvgIpc) is 2.88. The molecule has 3 nitrogen and oxygen atoms in total. The van der Waals surface area contributed by atoms with Gasteiger partial charge in [-0.15, -0.1) is 0 Å². The van der Waals surface area contributed by atoms with Crippen LogP contribution in [0.2, 0.25) is 0 Å². The van der Waals surface area contributed by atoms with Gasteiger partial charge in [-0.25, -0.2) is 0 Å². The predicted octanol–water partition coefficient (Wildman–Crippen LogP) is 3.77. The fourth-order valence-electron chi connectivity index (χ4n) is 7.67. The van der Waals surface area contributed by atoms with Crippen LogP contribution in [0.15, 0.2) is 0 Å². The summed E-state index contributed by atoms with van der Waals surface area (Å²) in [6, 6.07) is 0. The van der Waals surface area contributed by atoms with E-state index in [1.165, 1.54) is 6.42 Å². The summed E-state index contributed by atoms with van der Waals surface area (Å²) in [6.07, 6.45) is 7.36. The third-order valence-corrected chi connectivity index (χ3v) is 9.08. The number of aliphatic hydroxyl groups excluding tert-OH is 1. The Morgan fingerprint density at radius 1 is 1.12 bits per heavy atom. The molecule has 4 rings (SSSR count). The molecule has 0 spiro atoms. The van der Waals surface area contributed by atoms with Crippen molar-refractivity contribution in [3.8, 4) is 0 Å². The van der Waals surface area contributed by atoms with Crippen LogP contribution in [-0.2, 0) is 9.59 Å². The summed E-state index contributed by atoms with van der Waals surface area (Å²) in [6.45, 7) is 6.30. The van der Waals surface area contributed by atoms with E-state index in [0.29, 0.717) is 29.5 Å². The van der Waals surface area contributed by atoms with Gasteiger partial charge in [0.05, 0.1) is 6.10 Å². The quantitative estimate of drug-likeness (QED) is 0.795. The third-order valence-electron chi connectivity index (χ3n) is 9.08. The van der Waals surface area contributed by atoms with Gasteiger partial charge >= 0.3 is 0 Å². The molecule has 4 aliphatic carbocycles. The van der Waals surface area contributed by atoms with Crippen LogP contribution in [0.3, 0.4) is 0 Å². The van der Waals surface area contributed by atoms with Gasteiger partial charge in [-0.1, -0.05) is 13.8 Å². The van der Waals surface area contributed by atoms with Gasteiger partial charge in [0.15, 0.2) is 0 Å². The van der Waals surface area contributed by atoms with E-state index in [1.807, 2.05) is 0 Å². The maximum Gasteiger partial charge on any atom is 0.133 e. The Morgan fingerprint density at radius 2 is 1.88 bits per heavy atom. The van der Waals surface area contributed by atoms with Crippen molar-refractivity contribution < 1.29 is 14.7 Å². The van der Waals surface area contributed by atoms with Crippen molar-refractivity contribution in [2.75, 3.05) is 0 Å². The Hall–Kier alpha value is -0.700. The van der Waals surface area contributed by atoms with Gasteiger partial charge in [0.2, 0.25) is 0 Å². The molecule has 1 N–H and O–H groups in total. The first-order valence-corrected chi connectivity index (χ1v) is 9.98. The fourth-order valence-corrected chi connectivity index (χ4v) is 7.67. The predicted molar refractivity (Wildman–Crippen MR) is 92.3 cm³/mol. The van der Waals surface area contributed by atoms with E-state index in [1.54, 1.807) is 6.92 Å². The zero-order valence-electron chi connectivity index (χ0n) is 15.4. The molecule has 4 saturated carbocycles. The minimum absolute atomic E-state index is 0.0388. The Labute approximate surface area is 145 Å². The summed E-state index contributed by atoms with van der Waals surface area (Å²) in [5.74, 6) is 2.91. The van der Waals surface area contributed by atoms with Crippen LogP contribution in [0, 0.1) is 40.4 Å². The summed E-state index contributed by atoms with van der Waals surface area (Å²) in [4.78, 5) is 24.1. The molecule has 3 heteroatoms. The smallest absolute Gasteiger partial charge is 0.133 e. The number of Topliss-reactive ketones (excluding diaryl/α,β-unsaturated/α-hetero) is 2. The summed E-state index contributed by atoms with van der Waals surface area (Å²) in [5, 5.41) is 11.1. The summed E-state index contributed by atoms with van der Waals surface area (Å²) in [5.41, 5.74) is -0.00582. The van der Waals surface area contributed by atoms with Gasteiger partial charge in [0.1, 0.15) is 11.6 Å². The van der Waals surface area contributed by atoms with Crippen molar-refractivity contribution in [1.29, 1.82) is 0 Å². The highest BCUT2D eigenvalue weighted by Crippen LogP contribution is 2.67. The summed E-state index contributed by atoms with van der Waals surface area (Å²) < 4.78 is 0. The highest BCUT2D eigenvalue weighted by Gasteiger charge is 2.63. The van der Waals surface area contributed by atoms with Crippen LogP contribution in [0.4, 0.5) is 0 Å². The molecule has 134 valence electrons. The van der Waals surface area contributed by atoms with Crippen LogP contribution in [0.5, 0.6) is 0 Å². The lowest BCUT2D eigenvalue weighted by molar-refractivity contribution is -0.170. The zero-order valence-corrected chi connectivity index (χ0v) is 15.4. The zero-order chi connectivity index (χ0) is 17.3. The van der Waals surface area contributed by atoms with Gasteiger partial charge in [-0.3, -0.25) is 9.59 Å². The van der Waals surface area contributed by atoms with Gasteiger partial charge in [-0.2, -0.15) is 0 Å². The van der Waals surface area contributed by atoms with E-state index in [0.717, 1.165) is 44.9 Å². The number of aliphatic hydroxyl groups is 1. The molecule has 0 saturated heterocycles. The number of fused-ring (bicyclic) bond motifs is 5. The lowest BCUT2D eigenvalue weighted by Gasteiger charge is -2.61. The van der Waals surface area contributed by atoms with Gasteiger partial charge in [-0.05, 0) is 74.5 Å². The van der Waals surface area contributed by atoms with E-state index in [4.69, 9.17) is 0 Å². The Balaban J connectivity index is 1.67. The third kappa shape index (κ3) is 2.06. The van der Waals surface area contributed by atoms with Crippen LogP contribution >= 0.6 is 0 Å². The Morgan fingerprint density at radius 3 is 2.58 bits per heavy atom. The van der Waals surface area contributed by atoms with Crippen LogP contribution in [0.25, 0.3) is 0 Å². The molecule has 0 unspecified atom stereocenters. The van der Waals surface area contributed by atoms with Crippen LogP contribution < -0.4 is 0 Å². The second kappa shape index (κ2) is 5.40. The first-order valence-electron chi connectivity index (χ1n) is 9.98. The van der Waals surface area contributed by atoms with E-state index >= 15 is 0 Å². The lowest BCUT2D eigenvalue weighted by atomic mass is 9.44. The van der Waals surface area contributed by atoms with Crippen molar-refractivity contribution >= 4 is 11.6 Å². The normalized spacial score (nSPS) is 53.9. The average molecular weight is 332 g/mol. The van der Waals surface area contributed by atoms with Crippen molar-refractivity contribution in [3.63, 3.8) is 0 Å². The van der Waals surface area contributed by atoms with Crippen LogP contribution in [-0.4, -0.2) is 22.8 Å². The molecule has 8 atom stereocenters. The lowest BCUT2D eigenvalue weighted by Crippen LogP contribution is -2.58. The maximum absolute atomic E-state index is 12.2. The molecule has 0 aromatic rings. The number of ketones is 2. The molecule has 0 amide bonds. The van der Waals surface area contributed by atoms with E-state index < -0.39 is 0 Å². The SMILES string of the molecule is CC(=O)[C@@H]1CC[C@@H]2[C@H]3CC[C@H]4CC(=O)CC[C@]4(C)[C@@H]3C[C@H](O)[C@@]21C. The molecule has 0 aromatic heterocycles. The Kier molecular flexibility index (Phi) is 3.77. The monoisotopic (exact) mass is 332 g/mol. The number of carbonyl (C=O) groups is 2. The van der Waals surface area contributed by atoms with Crippen molar-refractivity contribution in [1.82, 2.24) is 0 Å². The molecule has 4 aliphatic rings. The maximum atomic E-state index is 12.2. The minimum Gasteiger partial charge on any atom is -0.393 e. The van der Waals surface area contributed by atoms with E-state index in [-0.39, 0.29) is 28.6 Å². The topological polar surface area (TPSA) is 54.4 Å². The number of rotatable bonds is 1. The van der Waals surface area contributed by atoms with Gasteiger partial charge < -0.3 is 5.11 Å². The molecular weight excluding hydrogens is 300 g/mol. The van der Waals surface area contributed by atoms with Gasteiger partial charge in [0, 0.05) is 24.2 Å². The Bertz CT molecular complexity index is 569. The van der Waals surface area contributed by atoms with Crippen LogP contribution in [0.1, 0.15) is 72.1 Å². The van der Waals surface area contributed by atoms with Crippen molar-refractivity contribution in [2.24, 2.45) is 40.4 Å². The first kappa shape index (κ1) is 16.8. The summed E-state index contributed by atoms with van der Waals surface area (Å²) >= 11 is 0. The molecular formula is C21H32O3. The number of hydrogen-bond acceptors (Lipinski definition) is 3. The molecule has 0 heterocycles. The molecule has 0 aromatic carbocycles. The first-order chi connectivity index (χ1) is 11.3. The largest absolute Gasteiger partial charge is 0.393 e. The van der Waals surface area contributed by atoms with E-state index in [9.17, 15) is 14.7 Å². The summed E-state index contributed by atoms with van der Waals surface area (Å²) in [7, 11) is 0. The minimum atomic E-state index is -0.367. The van der Waals surface area contributed by atoms with Crippen molar-refractivity contribution in [3.05, 3.63) is 0 Å². The molecule has 24 heavy (non-hydrogen) atoms. The fraction of sp³-hybridized carbons (Fsp3) is 0.905. The molecule has 0 aliphatic heterocycles. The van der Waals surface area contributed by atoms with Crippen molar-refractivity contribution in [2.45, 2.75) is 78.2 Å². The molecule has 4 fully saturated rings. The molecule has 0 bridgehead atoms. The highest BCUT2D eigenvalue weighted by atomic mass is 16.3.